The maximum atomic E-state index is 3.25. The van der Waals surface area contributed by atoms with E-state index >= 15 is 0 Å². The largest absolute Gasteiger partial charge is 0.346 e. The molecular weight excluding hydrogens is 245 g/mol. The first-order valence-electron chi connectivity index (χ1n) is 5.10. The summed E-state index contributed by atoms with van der Waals surface area (Å²) in [7, 11) is 0. The molecule has 0 aliphatic carbocycles. The van der Waals surface area contributed by atoms with Crippen LogP contribution in [0.5, 0.6) is 0 Å². The second-order valence-corrected chi connectivity index (χ2v) is 2.28. The van der Waals surface area contributed by atoms with Crippen LogP contribution in [0.4, 0.5) is 0 Å². The zero-order valence-corrected chi connectivity index (χ0v) is 13.1. The predicted octanol–water partition coefficient (Wildman–Crippen LogP) is 4.42. The summed E-state index contributed by atoms with van der Waals surface area (Å²) in [6.07, 6.45) is 1.15. The van der Waals surface area contributed by atoms with Crippen LogP contribution in [0.15, 0.2) is 24.3 Å². The maximum Gasteiger partial charge on any atom is 0 e. The molecule has 14 heavy (non-hydrogen) atoms. The van der Waals surface area contributed by atoms with E-state index in [0.717, 1.165) is 6.42 Å². The van der Waals surface area contributed by atoms with Gasteiger partial charge < -0.3 is 6.92 Å². The maximum absolute atomic E-state index is 3.25. The Morgan fingerprint density at radius 2 is 1.50 bits per heavy atom. The summed E-state index contributed by atoms with van der Waals surface area (Å²) in [4.78, 5) is 0. The normalized spacial score (nSPS) is 7.00. The molecule has 0 aromatic heterocycles. The summed E-state index contributed by atoms with van der Waals surface area (Å²) in [5.41, 5.74) is 2.86. The van der Waals surface area contributed by atoms with Crippen molar-refractivity contribution in [1.29, 1.82) is 0 Å². The van der Waals surface area contributed by atoms with Gasteiger partial charge in [-0.25, -0.2) is 0 Å². The molecule has 0 nitrogen and oxygen atoms in total. The summed E-state index contributed by atoms with van der Waals surface area (Å²) in [6, 6.07) is 8.49. The minimum atomic E-state index is 0. The van der Waals surface area contributed by atoms with Gasteiger partial charge in [0.1, 0.15) is 0 Å². The van der Waals surface area contributed by atoms with E-state index in [2.05, 4.69) is 45.0 Å². The molecule has 0 unspecified atom stereocenters. The smallest absolute Gasteiger partial charge is 0 e. The molecule has 0 amide bonds. The fourth-order valence-corrected chi connectivity index (χ4v) is 1.01. The van der Waals surface area contributed by atoms with Crippen molar-refractivity contribution in [1.82, 2.24) is 0 Å². The number of aryl methyl sites for hydroxylation is 2. The van der Waals surface area contributed by atoms with Gasteiger partial charge in [0.15, 0.2) is 0 Å². The summed E-state index contributed by atoms with van der Waals surface area (Å²) < 4.78 is 0. The van der Waals surface area contributed by atoms with Gasteiger partial charge in [0.05, 0.1) is 0 Å². The van der Waals surface area contributed by atoms with E-state index in [9.17, 15) is 0 Å². The summed E-state index contributed by atoms with van der Waals surface area (Å²) in [6.45, 7) is 13.3. The van der Waals surface area contributed by atoms with E-state index in [0.29, 0.717) is 0 Å². The van der Waals surface area contributed by atoms with Crippen molar-refractivity contribution in [3.05, 3.63) is 42.3 Å². The van der Waals surface area contributed by atoms with Crippen LogP contribution in [0.2, 0.25) is 0 Å². The molecule has 0 heterocycles. The quantitative estimate of drug-likeness (QED) is 0.661. The molecule has 0 saturated carbocycles. The van der Waals surface area contributed by atoms with E-state index in [1.165, 1.54) is 11.1 Å². The number of rotatable bonds is 1. The predicted molar refractivity (Wildman–Crippen MR) is 62.9 cm³/mol. The van der Waals surface area contributed by atoms with E-state index in [-0.39, 0.29) is 32.7 Å². The molecule has 0 spiro atoms. The van der Waals surface area contributed by atoms with E-state index in [4.69, 9.17) is 0 Å². The fourth-order valence-electron chi connectivity index (χ4n) is 1.01. The Morgan fingerprint density at radius 1 is 1.07 bits per heavy atom. The number of hydrogen-bond donors (Lipinski definition) is 0. The molecule has 0 aliphatic rings. The summed E-state index contributed by atoms with van der Waals surface area (Å²) in [5.74, 6) is 0. The number of hydrogen-bond acceptors (Lipinski definition) is 0. The Bertz CT molecular complexity index is 194. The third-order valence-electron chi connectivity index (χ3n) is 1.64. The van der Waals surface area contributed by atoms with Gasteiger partial charge in [0, 0.05) is 32.7 Å². The van der Waals surface area contributed by atoms with Gasteiger partial charge in [-0.1, -0.05) is 45.0 Å². The van der Waals surface area contributed by atoms with Crippen molar-refractivity contribution in [3.63, 3.8) is 0 Å². The number of benzene rings is 1. The molecule has 0 bridgehead atoms. The average Bonchev–Trinajstić information content (AvgIpc) is 2.24. The van der Waals surface area contributed by atoms with E-state index in [1.807, 2.05) is 13.8 Å². The van der Waals surface area contributed by atoms with Crippen molar-refractivity contribution < 1.29 is 32.7 Å². The van der Waals surface area contributed by atoms with Gasteiger partial charge in [-0.05, 0) is 24.5 Å². The zero-order valence-electron chi connectivity index (χ0n) is 10.3. The van der Waals surface area contributed by atoms with Crippen LogP contribution in [0.25, 0.3) is 0 Å². The minimum Gasteiger partial charge on any atom is -0.346 e. The zero-order chi connectivity index (χ0) is 10.7. The summed E-state index contributed by atoms with van der Waals surface area (Å²) in [5, 5.41) is 0. The molecule has 79 valence electrons. The Hall–Kier alpha value is 0.324. The van der Waals surface area contributed by atoms with Crippen LogP contribution in [-0.4, -0.2) is 0 Å². The minimum absolute atomic E-state index is 0. The standard InChI is InChI=1S/C9H12.C2H6.C2H5.Y/c1-3-9-7-5-4-6-8(9)2;2*1-2;/h4-7H,3H2,1-2H3;1-2H3;1H2,2H3;/q;;-1;. The van der Waals surface area contributed by atoms with Gasteiger partial charge in [-0.3, -0.25) is 0 Å². The summed E-state index contributed by atoms with van der Waals surface area (Å²) >= 11 is 0. The van der Waals surface area contributed by atoms with Crippen LogP contribution >= 0.6 is 0 Å². The fraction of sp³-hybridized carbons (Fsp3) is 0.462. The molecular formula is C13H23Y-. The van der Waals surface area contributed by atoms with Gasteiger partial charge >= 0.3 is 0 Å². The van der Waals surface area contributed by atoms with E-state index in [1.54, 1.807) is 6.92 Å². The van der Waals surface area contributed by atoms with Crippen molar-refractivity contribution in [2.75, 3.05) is 0 Å². The Morgan fingerprint density at radius 3 is 1.79 bits per heavy atom. The molecule has 0 aliphatic heterocycles. The molecule has 0 fully saturated rings. The van der Waals surface area contributed by atoms with Gasteiger partial charge in [-0.2, -0.15) is 6.92 Å². The van der Waals surface area contributed by atoms with Crippen LogP contribution < -0.4 is 0 Å². The molecule has 0 atom stereocenters. The average molecular weight is 268 g/mol. The SMILES string of the molecule is CC.CCc1ccccc1C.[CH2-]C.[Y]. The van der Waals surface area contributed by atoms with Crippen LogP contribution in [0, 0.1) is 13.8 Å². The van der Waals surface area contributed by atoms with Crippen molar-refractivity contribution >= 4 is 0 Å². The van der Waals surface area contributed by atoms with Crippen LogP contribution in [0.1, 0.15) is 38.8 Å². The van der Waals surface area contributed by atoms with E-state index < -0.39 is 0 Å². The first-order chi connectivity index (χ1) is 6.34. The molecule has 0 saturated heterocycles. The van der Waals surface area contributed by atoms with Crippen LogP contribution in [-0.2, 0) is 39.1 Å². The Kier molecular flexibility index (Phi) is 22.4. The monoisotopic (exact) mass is 268 g/mol. The molecule has 1 rings (SSSR count). The Balaban J connectivity index is -0.000000216. The second-order valence-electron chi connectivity index (χ2n) is 2.28. The molecule has 1 aromatic rings. The Labute approximate surface area is 115 Å². The molecule has 0 N–H and O–H groups in total. The second kappa shape index (κ2) is 15.8. The van der Waals surface area contributed by atoms with Crippen LogP contribution in [0.3, 0.4) is 0 Å². The third kappa shape index (κ3) is 8.90. The van der Waals surface area contributed by atoms with Crippen molar-refractivity contribution in [2.45, 2.75) is 41.0 Å². The third-order valence-corrected chi connectivity index (χ3v) is 1.64. The molecule has 1 aromatic carbocycles. The van der Waals surface area contributed by atoms with Gasteiger partial charge in [0.25, 0.3) is 0 Å². The van der Waals surface area contributed by atoms with Gasteiger partial charge in [0.2, 0.25) is 0 Å². The van der Waals surface area contributed by atoms with Crippen molar-refractivity contribution in [3.8, 4) is 0 Å². The first kappa shape index (κ1) is 19.8. The topological polar surface area (TPSA) is 0 Å². The van der Waals surface area contributed by atoms with Crippen molar-refractivity contribution in [2.24, 2.45) is 0 Å². The van der Waals surface area contributed by atoms with Gasteiger partial charge in [-0.15, -0.1) is 0 Å². The molecule has 1 heteroatoms. The first-order valence-corrected chi connectivity index (χ1v) is 5.10. The molecule has 1 radical (unpaired) electrons.